The molecule has 30 heavy (non-hydrogen) atoms. The van der Waals surface area contributed by atoms with E-state index in [1.54, 1.807) is 39.7 Å². The van der Waals surface area contributed by atoms with Crippen LogP contribution in [0.2, 0.25) is 0 Å². The van der Waals surface area contributed by atoms with E-state index in [-0.39, 0.29) is 0 Å². The van der Waals surface area contributed by atoms with Gasteiger partial charge in [-0.15, -0.1) is 10.2 Å². The number of anilines is 1. The summed E-state index contributed by atoms with van der Waals surface area (Å²) in [5.41, 5.74) is 6.21. The number of hydrazone groups is 1. The molecule has 0 bridgehead atoms. The lowest BCUT2D eigenvalue weighted by atomic mass is 10.2. The smallest absolute Gasteiger partial charge is 0.265 e. The van der Waals surface area contributed by atoms with Crippen molar-refractivity contribution in [3.8, 4) is 17.2 Å². The summed E-state index contributed by atoms with van der Waals surface area (Å²) < 4.78 is 18.2. The van der Waals surface area contributed by atoms with E-state index in [1.165, 1.54) is 0 Å². The molecule has 4 rings (SSSR count). The average molecular weight is 406 g/mol. The van der Waals surface area contributed by atoms with Gasteiger partial charge in [0.1, 0.15) is 5.52 Å². The Morgan fingerprint density at radius 1 is 1.03 bits per heavy atom. The maximum absolute atomic E-state index is 5.36. The molecule has 0 saturated heterocycles. The van der Waals surface area contributed by atoms with Crippen molar-refractivity contribution in [3.63, 3.8) is 0 Å². The van der Waals surface area contributed by atoms with Crippen LogP contribution in [0.1, 0.15) is 12.5 Å². The van der Waals surface area contributed by atoms with Gasteiger partial charge >= 0.3 is 0 Å². The third kappa shape index (κ3) is 3.34. The predicted molar refractivity (Wildman–Crippen MR) is 116 cm³/mol. The normalized spacial score (nSPS) is 11.3. The fraction of sp³-hybridized carbons (Fsp3) is 0.238. The number of aromatic nitrogens is 4. The minimum Gasteiger partial charge on any atom is -0.493 e. The van der Waals surface area contributed by atoms with Crippen LogP contribution in [-0.2, 0) is 6.54 Å². The third-order valence-electron chi connectivity index (χ3n) is 4.76. The van der Waals surface area contributed by atoms with E-state index in [1.807, 2.05) is 18.2 Å². The number of ether oxygens (including phenoxy) is 3. The van der Waals surface area contributed by atoms with Crippen LogP contribution in [-0.4, -0.2) is 47.3 Å². The molecule has 0 amide bonds. The number of hydrogen-bond donors (Lipinski definition) is 1. The van der Waals surface area contributed by atoms with Crippen LogP contribution in [0, 0.1) is 0 Å². The van der Waals surface area contributed by atoms with E-state index in [0.29, 0.717) is 23.2 Å². The van der Waals surface area contributed by atoms with Crippen molar-refractivity contribution >= 4 is 34.2 Å². The molecule has 9 heteroatoms. The van der Waals surface area contributed by atoms with Crippen molar-refractivity contribution in [2.24, 2.45) is 5.10 Å². The molecule has 4 aromatic rings. The maximum Gasteiger partial charge on any atom is 0.265 e. The Balaban J connectivity index is 1.64. The summed E-state index contributed by atoms with van der Waals surface area (Å²) in [5, 5.41) is 13.8. The largest absolute Gasteiger partial charge is 0.493 e. The van der Waals surface area contributed by atoms with Crippen molar-refractivity contribution in [1.82, 2.24) is 19.7 Å². The zero-order valence-corrected chi connectivity index (χ0v) is 17.2. The highest BCUT2D eigenvalue weighted by Gasteiger charge is 2.14. The highest BCUT2D eigenvalue weighted by Crippen LogP contribution is 2.37. The number of benzene rings is 2. The van der Waals surface area contributed by atoms with Crippen molar-refractivity contribution in [2.75, 3.05) is 26.8 Å². The molecule has 9 nitrogen and oxygen atoms in total. The Hall–Kier alpha value is -3.88. The summed E-state index contributed by atoms with van der Waals surface area (Å²) in [6.07, 6.45) is 1.62. The number of hydrogen-bond acceptors (Lipinski definition) is 8. The van der Waals surface area contributed by atoms with Gasteiger partial charge in [0.25, 0.3) is 5.95 Å². The Morgan fingerprint density at radius 2 is 1.77 bits per heavy atom. The van der Waals surface area contributed by atoms with Gasteiger partial charge in [-0.2, -0.15) is 10.1 Å². The Labute approximate surface area is 173 Å². The topological polar surface area (TPSA) is 95.7 Å². The van der Waals surface area contributed by atoms with Gasteiger partial charge in [0.15, 0.2) is 17.1 Å². The van der Waals surface area contributed by atoms with Crippen LogP contribution in [0.4, 0.5) is 5.95 Å². The van der Waals surface area contributed by atoms with Gasteiger partial charge < -0.3 is 18.8 Å². The minimum atomic E-state index is 0.309. The van der Waals surface area contributed by atoms with Crippen LogP contribution in [0.5, 0.6) is 17.2 Å². The lowest BCUT2D eigenvalue weighted by molar-refractivity contribution is 0.324. The summed E-state index contributed by atoms with van der Waals surface area (Å²) in [5.74, 6) is 1.93. The zero-order chi connectivity index (χ0) is 21.1. The molecule has 1 N–H and O–H groups in total. The van der Waals surface area contributed by atoms with Crippen LogP contribution in [0.25, 0.3) is 22.1 Å². The van der Waals surface area contributed by atoms with Crippen molar-refractivity contribution in [1.29, 1.82) is 0 Å². The number of para-hydroxylation sites is 1. The lowest BCUT2D eigenvalue weighted by Crippen LogP contribution is -2.02. The molecule has 0 saturated carbocycles. The van der Waals surface area contributed by atoms with Gasteiger partial charge in [-0.25, -0.2) is 5.43 Å². The Kier molecular flexibility index (Phi) is 5.34. The van der Waals surface area contributed by atoms with Crippen LogP contribution < -0.4 is 19.6 Å². The molecule has 0 aliphatic rings. The highest BCUT2D eigenvalue weighted by atomic mass is 16.5. The molecule has 154 valence electrons. The lowest BCUT2D eigenvalue weighted by Gasteiger charge is -2.12. The fourth-order valence-corrected chi connectivity index (χ4v) is 3.41. The SMILES string of the molecule is CCn1c2ccccc2c2nnc(N/N=C/c3cc(OC)c(OC)c(OC)c3)nc21. The molecule has 2 heterocycles. The predicted octanol–water partition coefficient (Wildman–Crippen LogP) is 3.47. The molecular weight excluding hydrogens is 384 g/mol. The monoisotopic (exact) mass is 406 g/mol. The van der Waals surface area contributed by atoms with E-state index in [2.05, 4.69) is 43.3 Å². The van der Waals surface area contributed by atoms with Gasteiger partial charge in [0.05, 0.1) is 33.1 Å². The molecule has 0 atom stereocenters. The molecule has 0 aliphatic carbocycles. The average Bonchev–Trinajstić information content (AvgIpc) is 3.11. The first-order chi connectivity index (χ1) is 14.7. The van der Waals surface area contributed by atoms with Crippen LogP contribution in [0.15, 0.2) is 41.5 Å². The number of rotatable bonds is 7. The van der Waals surface area contributed by atoms with Gasteiger partial charge in [-0.1, -0.05) is 18.2 Å². The number of nitrogens with one attached hydrogen (secondary N) is 1. The number of fused-ring (bicyclic) bond motifs is 3. The first-order valence-corrected chi connectivity index (χ1v) is 9.40. The second-order valence-corrected chi connectivity index (χ2v) is 6.40. The van der Waals surface area contributed by atoms with Crippen LogP contribution in [0.3, 0.4) is 0 Å². The first kappa shape index (κ1) is 19.4. The second-order valence-electron chi connectivity index (χ2n) is 6.40. The van der Waals surface area contributed by atoms with Gasteiger partial charge in [-0.05, 0) is 25.1 Å². The third-order valence-corrected chi connectivity index (χ3v) is 4.76. The number of aryl methyl sites for hydroxylation is 1. The zero-order valence-electron chi connectivity index (χ0n) is 17.2. The molecule has 2 aromatic heterocycles. The van der Waals surface area contributed by atoms with Gasteiger partial charge in [0.2, 0.25) is 5.75 Å². The molecule has 0 radical (unpaired) electrons. The van der Waals surface area contributed by atoms with E-state index in [4.69, 9.17) is 14.2 Å². The molecule has 0 unspecified atom stereocenters. The minimum absolute atomic E-state index is 0.309. The Bertz CT molecular complexity index is 1210. The van der Waals surface area contributed by atoms with Crippen LogP contribution >= 0.6 is 0 Å². The van der Waals surface area contributed by atoms with E-state index in [9.17, 15) is 0 Å². The van der Waals surface area contributed by atoms with E-state index < -0.39 is 0 Å². The van der Waals surface area contributed by atoms with Gasteiger partial charge in [0, 0.05) is 17.5 Å². The summed E-state index contributed by atoms with van der Waals surface area (Å²) in [6.45, 7) is 2.85. The summed E-state index contributed by atoms with van der Waals surface area (Å²) in [4.78, 5) is 4.60. The summed E-state index contributed by atoms with van der Waals surface area (Å²) >= 11 is 0. The number of methoxy groups -OCH3 is 3. The fourth-order valence-electron chi connectivity index (χ4n) is 3.41. The molecule has 2 aromatic carbocycles. The quantitative estimate of drug-likeness (QED) is 0.371. The molecule has 0 aliphatic heterocycles. The van der Waals surface area contributed by atoms with Crippen molar-refractivity contribution in [3.05, 3.63) is 42.0 Å². The maximum atomic E-state index is 5.36. The molecule has 0 fully saturated rings. The summed E-state index contributed by atoms with van der Waals surface area (Å²) in [7, 11) is 4.70. The second kappa shape index (κ2) is 8.24. The number of nitrogens with zero attached hydrogens (tertiary/aromatic N) is 5. The van der Waals surface area contributed by atoms with Crippen molar-refractivity contribution in [2.45, 2.75) is 13.5 Å². The van der Waals surface area contributed by atoms with Gasteiger partial charge in [-0.3, -0.25) is 0 Å². The first-order valence-electron chi connectivity index (χ1n) is 9.40. The van der Waals surface area contributed by atoms with E-state index in [0.717, 1.165) is 34.2 Å². The summed E-state index contributed by atoms with van der Waals surface area (Å²) in [6, 6.07) is 11.7. The Morgan fingerprint density at radius 3 is 2.43 bits per heavy atom. The molecular formula is C21H22N6O3. The molecule has 0 spiro atoms. The van der Waals surface area contributed by atoms with E-state index >= 15 is 0 Å². The van der Waals surface area contributed by atoms with Crippen molar-refractivity contribution < 1.29 is 14.2 Å². The highest BCUT2D eigenvalue weighted by molar-refractivity contribution is 6.04. The standard InChI is InChI=1S/C21H22N6O3/c1-5-27-15-9-7-6-8-14(15)18-20(27)23-21(26-24-18)25-22-12-13-10-16(28-2)19(30-4)17(11-13)29-3/h6-12H,5H2,1-4H3,(H,23,25,26)/b22-12+.